The highest BCUT2D eigenvalue weighted by atomic mass is 16.5. The maximum absolute atomic E-state index is 12.4. The van der Waals surface area contributed by atoms with Crippen LogP contribution in [-0.2, 0) is 9.53 Å². The molecule has 4 heteroatoms. The van der Waals surface area contributed by atoms with Crippen LogP contribution >= 0.6 is 0 Å². The van der Waals surface area contributed by atoms with Gasteiger partial charge in [-0.05, 0) is 38.6 Å². The van der Waals surface area contributed by atoms with E-state index in [-0.39, 0.29) is 29.5 Å². The van der Waals surface area contributed by atoms with Crippen molar-refractivity contribution >= 4 is 5.91 Å². The van der Waals surface area contributed by atoms with Crippen molar-refractivity contribution in [1.82, 2.24) is 10.6 Å². The third-order valence-electron chi connectivity index (χ3n) is 5.27. The van der Waals surface area contributed by atoms with Crippen LogP contribution in [0.15, 0.2) is 0 Å². The molecule has 2 fully saturated rings. The van der Waals surface area contributed by atoms with Crippen molar-refractivity contribution in [3.05, 3.63) is 0 Å². The van der Waals surface area contributed by atoms with Crippen molar-refractivity contribution in [3.63, 3.8) is 0 Å². The highest BCUT2D eigenvalue weighted by molar-refractivity contribution is 5.82. The molecule has 2 rings (SSSR count). The molecule has 1 heterocycles. The van der Waals surface area contributed by atoms with Gasteiger partial charge in [0, 0.05) is 18.1 Å². The predicted octanol–water partition coefficient (Wildman–Crippen LogP) is 2.08. The first-order valence-electron chi connectivity index (χ1n) is 8.14. The number of ether oxygens (including phenoxy) is 1. The summed E-state index contributed by atoms with van der Waals surface area (Å²) < 4.78 is 5.72. The molecule has 0 radical (unpaired) electrons. The molecule has 4 unspecified atom stereocenters. The smallest absolute Gasteiger partial charge is 0.237 e. The van der Waals surface area contributed by atoms with Crippen LogP contribution in [0.5, 0.6) is 0 Å². The van der Waals surface area contributed by atoms with Crippen molar-refractivity contribution < 1.29 is 9.53 Å². The number of carbonyl (C=O) groups is 1. The first-order valence-corrected chi connectivity index (χ1v) is 8.14. The molecular weight excluding hydrogens is 252 g/mol. The Morgan fingerprint density at radius 2 is 2.10 bits per heavy atom. The molecule has 0 spiro atoms. The average molecular weight is 282 g/mol. The number of carbonyl (C=O) groups excluding carboxylic acids is 1. The van der Waals surface area contributed by atoms with Gasteiger partial charge in [-0.1, -0.05) is 27.2 Å². The summed E-state index contributed by atoms with van der Waals surface area (Å²) in [4.78, 5) is 12.4. The number of nitrogens with one attached hydrogen (secondary N) is 2. The highest BCUT2D eigenvalue weighted by Gasteiger charge is 2.49. The molecule has 2 N–H and O–H groups in total. The normalized spacial score (nSPS) is 36.2. The second kappa shape index (κ2) is 6.44. The van der Waals surface area contributed by atoms with E-state index in [1.54, 1.807) is 0 Å². The Balaban J connectivity index is 1.83. The van der Waals surface area contributed by atoms with E-state index in [9.17, 15) is 4.79 Å². The molecule has 116 valence electrons. The van der Waals surface area contributed by atoms with Gasteiger partial charge in [-0.15, -0.1) is 0 Å². The lowest BCUT2D eigenvalue weighted by Gasteiger charge is -2.52. The zero-order valence-electron chi connectivity index (χ0n) is 13.4. The quantitative estimate of drug-likeness (QED) is 0.812. The predicted molar refractivity (Wildman–Crippen MR) is 80.5 cm³/mol. The van der Waals surface area contributed by atoms with Crippen molar-refractivity contribution in [2.24, 2.45) is 11.3 Å². The Labute approximate surface area is 123 Å². The van der Waals surface area contributed by atoms with E-state index >= 15 is 0 Å². The Hall–Kier alpha value is -0.610. The molecule has 2 aliphatic rings. The summed E-state index contributed by atoms with van der Waals surface area (Å²) in [6.07, 6.45) is 4.57. The SMILES string of the molecule is CCOC1CC(NC(=O)C2CC(CC)CCN2)C1(C)C. The Morgan fingerprint density at radius 3 is 2.70 bits per heavy atom. The molecule has 0 aromatic rings. The zero-order valence-corrected chi connectivity index (χ0v) is 13.4. The van der Waals surface area contributed by atoms with E-state index in [0.717, 1.165) is 26.0 Å². The summed E-state index contributed by atoms with van der Waals surface area (Å²) in [5.74, 6) is 0.869. The summed E-state index contributed by atoms with van der Waals surface area (Å²) >= 11 is 0. The molecule has 1 aliphatic heterocycles. The summed E-state index contributed by atoms with van der Waals surface area (Å²) in [5.41, 5.74) is 0.0461. The molecular formula is C16H30N2O2. The fourth-order valence-corrected chi connectivity index (χ4v) is 3.45. The van der Waals surface area contributed by atoms with Crippen LogP contribution in [-0.4, -0.2) is 37.2 Å². The number of hydrogen-bond acceptors (Lipinski definition) is 3. The average Bonchev–Trinajstić information content (AvgIpc) is 2.46. The van der Waals surface area contributed by atoms with Crippen LogP contribution in [0.25, 0.3) is 0 Å². The van der Waals surface area contributed by atoms with Gasteiger partial charge in [0.1, 0.15) is 0 Å². The van der Waals surface area contributed by atoms with Gasteiger partial charge in [0.25, 0.3) is 0 Å². The van der Waals surface area contributed by atoms with Gasteiger partial charge in [-0.2, -0.15) is 0 Å². The lowest BCUT2D eigenvalue weighted by molar-refractivity contribution is -0.139. The summed E-state index contributed by atoms with van der Waals surface area (Å²) in [6.45, 7) is 10.3. The van der Waals surface area contributed by atoms with Gasteiger partial charge >= 0.3 is 0 Å². The van der Waals surface area contributed by atoms with Gasteiger partial charge < -0.3 is 15.4 Å². The standard InChI is InChI=1S/C16H30N2O2/c1-5-11-7-8-17-12(9-11)15(19)18-13-10-14(20-6-2)16(13,3)4/h11-14,17H,5-10H2,1-4H3,(H,18,19). The van der Waals surface area contributed by atoms with Crippen molar-refractivity contribution in [2.45, 2.75) is 71.6 Å². The van der Waals surface area contributed by atoms with E-state index in [1.807, 2.05) is 6.92 Å². The van der Waals surface area contributed by atoms with Crippen LogP contribution in [0.1, 0.15) is 53.4 Å². The second-order valence-electron chi connectivity index (χ2n) is 6.87. The molecule has 20 heavy (non-hydrogen) atoms. The third kappa shape index (κ3) is 3.17. The first kappa shape index (κ1) is 15.8. The largest absolute Gasteiger partial charge is 0.378 e. The number of amides is 1. The van der Waals surface area contributed by atoms with Crippen LogP contribution < -0.4 is 10.6 Å². The van der Waals surface area contributed by atoms with Crippen LogP contribution in [0.2, 0.25) is 0 Å². The van der Waals surface area contributed by atoms with E-state index in [0.29, 0.717) is 5.92 Å². The van der Waals surface area contributed by atoms with E-state index in [4.69, 9.17) is 4.74 Å². The van der Waals surface area contributed by atoms with Gasteiger partial charge in [0.15, 0.2) is 0 Å². The topological polar surface area (TPSA) is 50.4 Å². The number of rotatable bonds is 5. The monoisotopic (exact) mass is 282 g/mol. The lowest BCUT2D eigenvalue weighted by Crippen LogP contribution is -2.64. The van der Waals surface area contributed by atoms with Gasteiger partial charge in [0.05, 0.1) is 12.1 Å². The molecule has 1 amide bonds. The first-order chi connectivity index (χ1) is 9.48. The van der Waals surface area contributed by atoms with Crippen molar-refractivity contribution in [1.29, 1.82) is 0 Å². The Kier molecular flexibility index (Phi) is 5.08. The molecule has 1 saturated carbocycles. The van der Waals surface area contributed by atoms with E-state index < -0.39 is 0 Å². The molecule has 0 aromatic heterocycles. The van der Waals surface area contributed by atoms with Crippen LogP contribution in [0, 0.1) is 11.3 Å². The van der Waals surface area contributed by atoms with Crippen LogP contribution in [0.3, 0.4) is 0 Å². The van der Waals surface area contributed by atoms with Gasteiger partial charge in [-0.3, -0.25) is 4.79 Å². The molecule has 4 atom stereocenters. The fraction of sp³-hybridized carbons (Fsp3) is 0.938. The highest BCUT2D eigenvalue weighted by Crippen LogP contribution is 2.42. The van der Waals surface area contributed by atoms with Gasteiger partial charge in [-0.25, -0.2) is 0 Å². The third-order valence-corrected chi connectivity index (χ3v) is 5.27. The van der Waals surface area contributed by atoms with Crippen molar-refractivity contribution in [2.75, 3.05) is 13.2 Å². The minimum Gasteiger partial charge on any atom is -0.378 e. The fourth-order valence-electron chi connectivity index (χ4n) is 3.45. The number of piperidine rings is 1. The molecule has 1 saturated heterocycles. The molecule has 1 aliphatic carbocycles. The van der Waals surface area contributed by atoms with E-state index in [2.05, 4.69) is 31.4 Å². The minimum atomic E-state index is -0.00403. The molecule has 0 aromatic carbocycles. The minimum absolute atomic E-state index is 0.00403. The second-order valence-corrected chi connectivity index (χ2v) is 6.87. The maximum Gasteiger partial charge on any atom is 0.237 e. The Morgan fingerprint density at radius 1 is 1.35 bits per heavy atom. The lowest BCUT2D eigenvalue weighted by atomic mass is 9.64. The van der Waals surface area contributed by atoms with E-state index in [1.165, 1.54) is 12.8 Å². The summed E-state index contributed by atoms with van der Waals surface area (Å²) in [6, 6.07) is 0.242. The van der Waals surface area contributed by atoms with Gasteiger partial charge in [0.2, 0.25) is 5.91 Å². The maximum atomic E-state index is 12.4. The summed E-state index contributed by atoms with van der Waals surface area (Å²) in [5, 5.41) is 6.59. The van der Waals surface area contributed by atoms with Crippen molar-refractivity contribution in [3.8, 4) is 0 Å². The number of hydrogen-bond donors (Lipinski definition) is 2. The van der Waals surface area contributed by atoms with Crippen LogP contribution in [0.4, 0.5) is 0 Å². The summed E-state index contributed by atoms with van der Waals surface area (Å²) in [7, 11) is 0. The zero-order chi connectivity index (χ0) is 14.8. The molecule has 0 bridgehead atoms. The Bertz CT molecular complexity index is 343. The molecule has 4 nitrogen and oxygen atoms in total.